The van der Waals surface area contributed by atoms with Gasteiger partial charge in [-0.15, -0.1) is 0 Å². The van der Waals surface area contributed by atoms with Crippen molar-refractivity contribution in [1.29, 1.82) is 0 Å². The molecule has 2 amide bonds. The number of ether oxygens (including phenoxy) is 1. The van der Waals surface area contributed by atoms with Crippen LogP contribution in [0.1, 0.15) is 27.2 Å². The van der Waals surface area contributed by atoms with Crippen LogP contribution in [0.4, 0.5) is 5.69 Å². The molecule has 10 nitrogen and oxygen atoms in total. The van der Waals surface area contributed by atoms with Crippen LogP contribution in [-0.2, 0) is 14.3 Å². The van der Waals surface area contributed by atoms with E-state index in [0.29, 0.717) is 37.7 Å². The molecule has 0 spiro atoms. The Hall–Kier alpha value is -4.05. The van der Waals surface area contributed by atoms with E-state index < -0.39 is 5.97 Å². The fraction of sp³-hybridized carbons (Fsp3) is 0.346. The molecule has 10 heteroatoms. The molecule has 188 valence electrons. The molecule has 1 aliphatic heterocycles. The highest BCUT2D eigenvalue weighted by Crippen LogP contribution is 2.19. The first-order valence-corrected chi connectivity index (χ1v) is 11.8. The van der Waals surface area contributed by atoms with Crippen molar-refractivity contribution in [3.05, 3.63) is 71.2 Å². The number of piperazine rings is 1. The molecule has 2 aromatic heterocycles. The number of amides is 2. The van der Waals surface area contributed by atoms with E-state index in [9.17, 15) is 14.4 Å². The molecule has 3 aromatic rings. The number of pyridine rings is 1. The number of nitrogens with one attached hydrogen (secondary N) is 1. The van der Waals surface area contributed by atoms with Crippen molar-refractivity contribution in [2.45, 2.75) is 20.8 Å². The normalized spacial score (nSPS) is 13.9. The lowest BCUT2D eigenvalue weighted by molar-refractivity contribution is -0.136. The zero-order chi connectivity index (χ0) is 25.7. The molecule has 1 saturated heterocycles. The average Bonchev–Trinajstić information content (AvgIpc) is 3.27. The number of rotatable bonds is 7. The highest BCUT2D eigenvalue weighted by molar-refractivity contribution is 5.94. The number of carbonyl (C=O) groups excluding carboxylic acids is 3. The minimum atomic E-state index is -0.607. The van der Waals surface area contributed by atoms with Gasteiger partial charge in [0.2, 0.25) is 5.91 Å². The standard InChI is InChI=1S/C26H30N6O4/c1-18-7-6-8-19(2)25(18)29-23(33)16-30-11-13-31(14-12-30)24(34)17-36-26(35)21-15-28-32(20(21)3)22-9-4-5-10-27-22/h4-10,15H,11-14,16-17H2,1-3H3,(H,29,33). The molecule has 0 atom stereocenters. The van der Waals surface area contributed by atoms with Crippen LogP contribution in [-0.4, -0.2) is 81.7 Å². The summed E-state index contributed by atoms with van der Waals surface area (Å²) in [5, 5.41) is 7.21. The molecule has 0 saturated carbocycles. The molecule has 1 aromatic carbocycles. The maximum atomic E-state index is 12.6. The first kappa shape index (κ1) is 25.1. The third-order valence-electron chi connectivity index (χ3n) is 6.26. The van der Waals surface area contributed by atoms with Crippen LogP contribution < -0.4 is 5.32 Å². The Labute approximate surface area is 209 Å². The maximum Gasteiger partial charge on any atom is 0.342 e. The number of esters is 1. The number of nitrogens with zero attached hydrogens (tertiary/aromatic N) is 5. The van der Waals surface area contributed by atoms with E-state index in [1.165, 1.54) is 6.20 Å². The predicted octanol–water partition coefficient (Wildman–Crippen LogP) is 2.13. The van der Waals surface area contributed by atoms with E-state index in [1.54, 1.807) is 34.8 Å². The van der Waals surface area contributed by atoms with Crippen molar-refractivity contribution in [2.75, 3.05) is 44.6 Å². The summed E-state index contributed by atoms with van der Waals surface area (Å²) in [5.41, 5.74) is 3.76. The van der Waals surface area contributed by atoms with Gasteiger partial charge in [0.05, 0.1) is 18.4 Å². The molecule has 4 rings (SSSR count). The molecular weight excluding hydrogens is 460 g/mol. The zero-order valence-corrected chi connectivity index (χ0v) is 20.7. The minimum Gasteiger partial charge on any atom is -0.452 e. The topological polar surface area (TPSA) is 110 Å². The Kier molecular flexibility index (Phi) is 7.74. The number of hydrogen-bond acceptors (Lipinski definition) is 7. The fourth-order valence-electron chi connectivity index (χ4n) is 4.17. The summed E-state index contributed by atoms with van der Waals surface area (Å²) in [5.74, 6) is -0.365. The van der Waals surface area contributed by atoms with Crippen LogP contribution in [0.15, 0.2) is 48.8 Å². The lowest BCUT2D eigenvalue weighted by Crippen LogP contribution is -2.51. The predicted molar refractivity (Wildman–Crippen MR) is 134 cm³/mol. The summed E-state index contributed by atoms with van der Waals surface area (Å²) in [4.78, 5) is 45.6. The van der Waals surface area contributed by atoms with E-state index in [0.717, 1.165) is 16.8 Å². The summed E-state index contributed by atoms with van der Waals surface area (Å²) >= 11 is 0. The minimum absolute atomic E-state index is 0.0808. The second-order valence-corrected chi connectivity index (χ2v) is 8.79. The van der Waals surface area contributed by atoms with Gasteiger partial charge < -0.3 is 15.0 Å². The summed E-state index contributed by atoms with van der Waals surface area (Å²) in [7, 11) is 0. The SMILES string of the molecule is Cc1cccc(C)c1NC(=O)CN1CCN(C(=O)COC(=O)c2cnn(-c3ccccn3)c2C)CC1. The Morgan fingerprint density at radius 2 is 1.69 bits per heavy atom. The number of carbonyl (C=O) groups is 3. The number of para-hydroxylation sites is 1. The third kappa shape index (κ3) is 5.77. The van der Waals surface area contributed by atoms with Gasteiger partial charge in [-0.25, -0.2) is 14.5 Å². The number of aromatic nitrogens is 3. The van der Waals surface area contributed by atoms with E-state index in [2.05, 4.69) is 15.4 Å². The molecule has 0 aliphatic carbocycles. The van der Waals surface area contributed by atoms with Gasteiger partial charge in [-0.2, -0.15) is 5.10 Å². The molecule has 1 fully saturated rings. The summed E-state index contributed by atoms with van der Waals surface area (Å²) < 4.78 is 6.82. The van der Waals surface area contributed by atoms with Crippen molar-refractivity contribution in [1.82, 2.24) is 24.6 Å². The number of aryl methyl sites for hydroxylation is 2. The number of benzene rings is 1. The summed E-state index contributed by atoms with van der Waals surface area (Å²) in [6.45, 7) is 7.64. The fourth-order valence-corrected chi connectivity index (χ4v) is 4.17. The van der Waals surface area contributed by atoms with Gasteiger partial charge in [-0.1, -0.05) is 24.3 Å². The van der Waals surface area contributed by atoms with Crippen LogP contribution in [0.2, 0.25) is 0 Å². The van der Waals surface area contributed by atoms with Gasteiger partial charge in [-0.3, -0.25) is 14.5 Å². The van der Waals surface area contributed by atoms with Gasteiger partial charge >= 0.3 is 5.97 Å². The van der Waals surface area contributed by atoms with Crippen molar-refractivity contribution in [3.63, 3.8) is 0 Å². The Bertz CT molecular complexity index is 1230. The first-order chi connectivity index (χ1) is 17.3. The van der Waals surface area contributed by atoms with Gasteiger partial charge in [-0.05, 0) is 44.0 Å². The van der Waals surface area contributed by atoms with Crippen LogP contribution >= 0.6 is 0 Å². The van der Waals surface area contributed by atoms with Crippen molar-refractivity contribution in [2.24, 2.45) is 0 Å². The molecule has 0 unspecified atom stereocenters. The Morgan fingerprint density at radius 1 is 0.972 bits per heavy atom. The average molecular weight is 491 g/mol. The maximum absolute atomic E-state index is 12.6. The Balaban J connectivity index is 1.23. The molecule has 3 heterocycles. The summed E-state index contributed by atoms with van der Waals surface area (Å²) in [6.07, 6.45) is 3.06. The van der Waals surface area contributed by atoms with Crippen molar-refractivity contribution in [3.8, 4) is 5.82 Å². The van der Waals surface area contributed by atoms with Crippen LogP contribution in [0.3, 0.4) is 0 Å². The molecule has 1 aliphatic rings. The Morgan fingerprint density at radius 3 is 2.36 bits per heavy atom. The van der Waals surface area contributed by atoms with Gasteiger partial charge in [0, 0.05) is 38.1 Å². The van der Waals surface area contributed by atoms with Gasteiger partial charge in [0.1, 0.15) is 5.56 Å². The van der Waals surface area contributed by atoms with Crippen LogP contribution in [0, 0.1) is 20.8 Å². The largest absolute Gasteiger partial charge is 0.452 e. The van der Waals surface area contributed by atoms with E-state index in [4.69, 9.17) is 4.74 Å². The lowest BCUT2D eigenvalue weighted by Gasteiger charge is -2.34. The number of hydrogen-bond donors (Lipinski definition) is 1. The number of anilines is 1. The van der Waals surface area contributed by atoms with Crippen molar-refractivity contribution < 1.29 is 19.1 Å². The molecule has 1 N–H and O–H groups in total. The third-order valence-corrected chi connectivity index (χ3v) is 6.26. The van der Waals surface area contributed by atoms with Crippen LogP contribution in [0.5, 0.6) is 0 Å². The first-order valence-electron chi connectivity index (χ1n) is 11.8. The van der Waals surface area contributed by atoms with Crippen LogP contribution in [0.25, 0.3) is 5.82 Å². The van der Waals surface area contributed by atoms with E-state index in [-0.39, 0.29) is 30.5 Å². The highest BCUT2D eigenvalue weighted by Gasteiger charge is 2.24. The molecule has 0 bridgehead atoms. The molecule has 36 heavy (non-hydrogen) atoms. The smallest absolute Gasteiger partial charge is 0.342 e. The zero-order valence-electron chi connectivity index (χ0n) is 20.7. The second kappa shape index (κ2) is 11.1. The molecular formula is C26H30N6O4. The van der Waals surface area contributed by atoms with Gasteiger partial charge in [0.15, 0.2) is 12.4 Å². The van der Waals surface area contributed by atoms with Gasteiger partial charge in [0.25, 0.3) is 5.91 Å². The lowest BCUT2D eigenvalue weighted by atomic mass is 10.1. The monoisotopic (exact) mass is 490 g/mol. The summed E-state index contributed by atoms with van der Waals surface area (Å²) in [6, 6.07) is 11.3. The second-order valence-electron chi connectivity index (χ2n) is 8.79. The highest BCUT2D eigenvalue weighted by atomic mass is 16.5. The quantitative estimate of drug-likeness (QED) is 0.505. The van der Waals surface area contributed by atoms with Crippen molar-refractivity contribution >= 4 is 23.5 Å². The molecule has 0 radical (unpaired) electrons. The van der Waals surface area contributed by atoms with E-state index in [1.807, 2.05) is 43.0 Å². The van der Waals surface area contributed by atoms with E-state index >= 15 is 0 Å².